The second kappa shape index (κ2) is 8.83. The van der Waals surface area contributed by atoms with Gasteiger partial charge >= 0.3 is 0 Å². The van der Waals surface area contributed by atoms with Gasteiger partial charge in [0.05, 0.1) is 5.92 Å². The number of carbonyl (C=O) groups is 1. The quantitative estimate of drug-likeness (QED) is 0.746. The summed E-state index contributed by atoms with van der Waals surface area (Å²) in [5, 5.41) is 3.05. The third-order valence-electron chi connectivity index (χ3n) is 3.62. The first-order valence-electron chi connectivity index (χ1n) is 7.92. The normalized spacial score (nSPS) is 12.7. The Hall–Kier alpha value is -1.35. The van der Waals surface area contributed by atoms with Crippen molar-refractivity contribution >= 4 is 5.91 Å². The molecule has 0 saturated carbocycles. The molecule has 1 amide bonds. The molecule has 1 aromatic rings. The first kappa shape index (κ1) is 17.7. The molecule has 0 aliphatic carbocycles. The van der Waals surface area contributed by atoms with E-state index in [0.717, 1.165) is 31.5 Å². The molecular formula is C18H30N2O. The molecule has 1 aromatic carbocycles. The lowest BCUT2D eigenvalue weighted by molar-refractivity contribution is -0.122. The van der Waals surface area contributed by atoms with E-state index in [1.54, 1.807) is 0 Å². The van der Waals surface area contributed by atoms with Crippen molar-refractivity contribution in [2.24, 2.45) is 5.92 Å². The molecule has 0 aromatic heterocycles. The summed E-state index contributed by atoms with van der Waals surface area (Å²) < 4.78 is 0. The molecule has 0 heterocycles. The average Bonchev–Trinajstić information content (AvgIpc) is 2.42. The molecule has 0 fully saturated rings. The van der Waals surface area contributed by atoms with E-state index in [9.17, 15) is 4.79 Å². The minimum atomic E-state index is -0.0840. The summed E-state index contributed by atoms with van der Waals surface area (Å²) in [7, 11) is 4.10. The first-order valence-corrected chi connectivity index (χ1v) is 7.92. The molecular weight excluding hydrogens is 260 g/mol. The van der Waals surface area contributed by atoms with E-state index in [0.29, 0.717) is 5.92 Å². The summed E-state index contributed by atoms with van der Waals surface area (Å²) in [5.74, 6) is 0.644. The molecule has 0 aliphatic rings. The van der Waals surface area contributed by atoms with Crippen LogP contribution in [-0.4, -0.2) is 38.0 Å². The van der Waals surface area contributed by atoms with Gasteiger partial charge in [0.15, 0.2) is 0 Å². The van der Waals surface area contributed by atoms with Crippen LogP contribution in [0.15, 0.2) is 24.3 Å². The Morgan fingerprint density at radius 2 is 1.86 bits per heavy atom. The van der Waals surface area contributed by atoms with E-state index in [1.807, 2.05) is 27.1 Å². The van der Waals surface area contributed by atoms with Crippen LogP contribution in [0.5, 0.6) is 0 Å². The molecule has 1 N–H and O–H groups in total. The summed E-state index contributed by atoms with van der Waals surface area (Å²) in [6.45, 7) is 8.16. The fourth-order valence-electron chi connectivity index (χ4n) is 2.48. The number of benzene rings is 1. The van der Waals surface area contributed by atoms with Crippen molar-refractivity contribution in [1.82, 2.24) is 10.2 Å². The number of hydrogen-bond acceptors (Lipinski definition) is 2. The third kappa shape index (κ3) is 6.30. The predicted molar refractivity (Wildman–Crippen MR) is 89.6 cm³/mol. The van der Waals surface area contributed by atoms with Gasteiger partial charge in [-0.25, -0.2) is 0 Å². The number of amides is 1. The monoisotopic (exact) mass is 290 g/mol. The van der Waals surface area contributed by atoms with Crippen LogP contribution in [0.4, 0.5) is 0 Å². The fraction of sp³-hybridized carbons (Fsp3) is 0.611. The summed E-state index contributed by atoms with van der Waals surface area (Å²) in [6, 6.07) is 8.31. The van der Waals surface area contributed by atoms with E-state index in [1.165, 1.54) is 5.56 Å². The van der Waals surface area contributed by atoms with Gasteiger partial charge in [0.2, 0.25) is 5.91 Å². The molecule has 21 heavy (non-hydrogen) atoms. The topological polar surface area (TPSA) is 32.3 Å². The van der Waals surface area contributed by atoms with E-state index < -0.39 is 0 Å². The highest BCUT2D eigenvalue weighted by Gasteiger charge is 2.18. The lowest BCUT2D eigenvalue weighted by atomic mass is 9.90. The summed E-state index contributed by atoms with van der Waals surface area (Å²) in [5.41, 5.74) is 2.46. The lowest BCUT2D eigenvalue weighted by Gasteiger charge is -2.18. The van der Waals surface area contributed by atoms with Crippen LogP contribution >= 0.6 is 0 Å². The van der Waals surface area contributed by atoms with Crippen LogP contribution in [-0.2, 0) is 11.2 Å². The standard InChI is InChI=1S/C18H30N2O/c1-14(2)13-16-9-6-7-10-17(16)15(3)18(21)19-11-8-12-20(4)5/h6-7,9-10,14-15H,8,11-13H2,1-5H3,(H,19,21)/t15-/m1/s1. The predicted octanol–water partition coefficient (Wildman–Crippen LogP) is 3.06. The van der Waals surface area contributed by atoms with Gasteiger partial charge in [-0.15, -0.1) is 0 Å². The molecule has 1 rings (SSSR count). The van der Waals surface area contributed by atoms with Gasteiger partial charge in [-0.2, -0.15) is 0 Å². The van der Waals surface area contributed by atoms with Gasteiger partial charge in [0.25, 0.3) is 0 Å². The van der Waals surface area contributed by atoms with Gasteiger partial charge in [-0.1, -0.05) is 38.1 Å². The second-order valence-corrected chi connectivity index (χ2v) is 6.47. The summed E-state index contributed by atoms with van der Waals surface area (Å²) in [4.78, 5) is 14.4. The van der Waals surface area contributed by atoms with Crippen LogP contribution in [0, 0.1) is 5.92 Å². The Labute approximate surface area is 129 Å². The Bertz CT molecular complexity index is 441. The minimum absolute atomic E-state index is 0.0840. The number of carbonyl (C=O) groups excluding carboxylic acids is 1. The molecule has 1 atom stereocenters. The van der Waals surface area contributed by atoms with Crippen molar-refractivity contribution in [2.45, 2.75) is 39.5 Å². The zero-order chi connectivity index (χ0) is 15.8. The molecule has 0 spiro atoms. The van der Waals surface area contributed by atoms with Gasteiger partial charge in [-0.05, 0) is 57.5 Å². The van der Waals surface area contributed by atoms with Crippen LogP contribution in [0.1, 0.15) is 44.2 Å². The Morgan fingerprint density at radius 3 is 2.48 bits per heavy atom. The highest BCUT2D eigenvalue weighted by molar-refractivity contribution is 5.83. The Balaban J connectivity index is 2.61. The molecule has 0 aliphatic heterocycles. The van der Waals surface area contributed by atoms with Crippen molar-refractivity contribution in [3.63, 3.8) is 0 Å². The van der Waals surface area contributed by atoms with Crippen LogP contribution in [0.3, 0.4) is 0 Å². The van der Waals surface area contributed by atoms with Gasteiger partial charge < -0.3 is 10.2 Å². The SMILES string of the molecule is CC(C)Cc1ccccc1[C@@H](C)C(=O)NCCCN(C)C. The maximum atomic E-state index is 12.3. The summed E-state index contributed by atoms with van der Waals surface area (Å²) in [6.07, 6.45) is 2.01. The van der Waals surface area contributed by atoms with Crippen LogP contribution in [0.25, 0.3) is 0 Å². The molecule has 3 nitrogen and oxygen atoms in total. The fourth-order valence-corrected chi connectivity index (χ4v) is 2.48. The molecule has 0 unspecified atom stereocenters. The average molecular weight is 290 g/mol. The van der Waals surface area contributed by atoms with E-state index in [2.05, 4.69) is 42.3 Å². The number of nitrogens with one attached hydrogen (secondary N) is 1. The van der Waals surface area contributed by atoms with Crippen molar-refractivity contribution in [2.75, 3.05) is 27.2 Å². The highest BCUT2D eigenvalue weighted by atomic mass is 16.1. The van der Waals surface area contributed by atoms with Gasteiger partial charge in [0.1, 0.15) is 0 Å². The van der Waals surface area contributed by atoms with Crippen LogP contribution < -0.4 is 5.32 Å². The van der Waals surface area contributed by atoms with Crippen LogP contribution in [0.2, 0.25) is 0 Å². The lowest BCUT2D eigenvalue weighted by Crippen LogP contribution is -2.31. The molecule has 0 radical (unpaired) electrons. The zero-order valence-corrected chi connectivity index (χ0v) is 14.1. The van der Waals surface area contributed by atoms with Gasteiger partial charge in [0, 0.05) is 6.54 Å². The smallest absolute Gasteiger partial charge is 0.227 e. The van der Waals surface area contributed by atoms with E-state index >= 15 is 0 Å². The maximum absolute atomic E-state index is 12.3. The highest BCUT2D eigenvalue weighted by Crippen LogP contribution is 2.22. The minimum Gasteiger partial charge on any atom is -0.356 e. The number of rotatable bonds is 8. The van der Waals surface area contributed by atoms with Gasteiger partial charge in [-0.3, -0.25) is 4.79 Å². The maximum Gasteiger partial charge on any atom is 0.227 e. The summed E-state index contributed by atoms with van der Waals surface area (Å²) >= 11 is 0. The molecule has 0 saturated heterocycles. The zero-order valence-electron chi connectivity index (χ0n) is 14.1. The largest absolute Gasteiger partial charge is 0.356 e. The van der Waals surface area contributed by atoms with Crippen molar-refractivity contribution in [1.29, 1.82) is 0 Å². The third-order valence-corrected chi connectivity index (χ3v) is 3.62. The Morgan fingerprint density at radius 1 is 1.19 bits per heavy atom. The first-order chi connectivity index (χ1) is 9.91. The molecule has 0 bridgehead atoms. The van der Waals surface area contributed by atoms with Crippen molar-refractivity contribution in [3.8, 4) is 0 Å². The molecule has 3 heteroatoms. The number of hydrogen-bond donors (Lipinski definition) is 1. The molecule has 118 valence electrons. The number of nitrogens with zero attached hydrogens (tertiary/aromatic N) is 1. The van der Waals surface area contributed by atoms with Crippen molar-refractivity contribution in [3.05, 3.63) is 35.4 Å². The second-order valence-electron chi connectivity index (χ2n) is 6.47. The van der Waals surface area contributed by atoms with E-state index in [4.69, 9.17) is 0 Å². The van der Waals surface area contributed by atoms with Crippen molar-refractivity contribution < 1.29 is 4.79 Å². The van der Waals surface area contributed by atoms with E-state index in [-0.39, 0.29) is 11.8 Å². The Kier molecular flexibility index (Phi) is 7.44.